The van der Waals surface area contributed by atoms with Gasteiger partial charge in [-0.15, -0.1) is 8.78 Å². The van der Waals surface area contributed by atoms with Gasteiger partial charge >= 0.3 is 5.57 Å². The lowest BCUT2D eigenvalue weighted by atomic mass is 10.2. The van der Waals surface area contributed by atoms with Crippen molar-refractivity contribution in [2.45, 2.75) is 40.2 Å². The highest BCUT2D eigenvalue weighted by Gasteiger charge is 2.27. The average molecular weight is 452 g/mol. The van der Waals surface area contributed by atoms with Crippen molar-refractivity contribution in [2.24, 2.45) is 0 Å². The summed E-state index contributed by atoms with van der Waals surface area (Å²) in [6.07, 6.45) is 1.45. The maximum absolute atomic E-state index is 12.5. The monoisotopic (exact) mass is 450 g/mol. The minimum Gasteiger partial charge on any atom is -0.420 e. The predicted octanol–water partition coefficient (Wildman–Crippen LogP) is 6.63. The average Bonchev–Trinajstić information content (AvgIpc) is 2.61. The smallest absolute Gasteiger partial charge is 0.420 e. The molecule has 0 aliphatic heterocycles. The van der Waals surface area contributed by atoms with E-state index in [0.717, 1.165) is 5.69 Å². The Bertz CT molecular complexity index is 693. The summed E-state index contributed by atoms with van der Waals surface area (Å²) in [5, 5.41) is 2.62. The van der Waals surface area contributed by atoms with Crippen molar-refractivity contribution in [2.75, 3.05) is 5.32 Å². The molecule has 0 saturated heterocycles. The van der Waals surface area contributed by atoms with Crippen molar-refractivity contribution in [3.05, 3.63) is 52.3 Å². The van der Waals surface area contributed by atoms with E-state index in [1.807, 2.05) is 27.7 Å². The van der Waals surface area contributed by atoms with Crippen LogP contribution in [0.1, 0.15) is 43.7 Å². The molecule has 0 aliphatic carbocycles. The van der Waals surface area contributed by atoms with Crippen LogP contribution >= 0.6 is 27.5 Å². The van der Waals surface area contributed by atoms with E-state index in [2.05, 4.69) is 42.6 Å². The molecule has 0 atom stereocenters. The van der Waals surface area contributed by atoms with Gasteiger partial charge in [0, 0.05) is 28.0 Å². The number of anilines is 1. The molecule has 2 aromatic rings. The lowest BCUT2D eigenvalue weighted by Gasteiger charge is -2.11. The second-order valence-corrected chi connectivity index (χ2v) is 5.61. The van der Waals surface area contributed by atoms with Crippen molar-refractivity contribution < 1.29 is 18.3 Å². The highest BCUT2D eigenvalue weighted by atomic mass is 79.9. The van der Waals surface area contributed by atoms with E-state index in [1.165, 1.54) is 30.5 Å². The number of benzene rings is 1. The molecule has 1 heterocycles. The first-order valence-electron chi connectivity index (χ1n) is 8.04. The van der Waals surface area contributed by atoms with Crippen LogP contribution in [-0.4, -0.2) is 16.5 Å². The topological polar surface area (TPSA) is 51.2 Å². The zero-order chi connectivity index (χ0) is 20.3. The lowest BCUT2D eigenvalue weighted by molar-refractivity contribution is -0.0964. The molecule has 1 N–H and O–H groups in total. The van der Waals surface area contributed by atoms with Gasteiger partial charge in [0.2, 0.25) is 0 Å². The van der Waals surface area contributed by atoms with Crippen LogP contribution in [-0.2, 0) is 0 Å². The maximum atomic E-state index is 12.5. The minimum absolute atomic E-state index is 0.113. The van der Waals surface area contributed by atoms with E-state index in [-0.39, 0.29) is 11.7 Å². The Labute approximate surface area is 166 Å². The second kappa shape index (κ2) is 11.8. The predicted molar refractivity (Wildman–Crippen MR) is 105 cm³/mol. The van der Waals surface area contributed by atoms with Crippen LogP contribution in [0.5, 0.6) is 5.75 Å². The van der Waals surface area contributed by atoms with E-state index in [0.29, 0.717) is 15.7 Å². The molecule has 1 aromatic carbocycles. The molecule has 1 aromatic heterocycles. The van der Waals surface area contributed by atoms with Crippen molar-refractivity contribution in [1.82, 2.24) is 4.98 Å². The number of alkyl halides is 3. The quantitative estimate of drug-likeness (QED) is 0.531. The first-order valence-corrected chi connectivity index (χ1v) is 9.21. The van der Waals surface area contributed by atoms with Gasteiger partial charge in [0.05, 0.1) is 11.3 Å². The molecule has 0 spiro atoms. The Morgan fingerprint density at radius 2 is 1.73 bits per heavy atom. The minimum atomic E-state index is -3.77. The van der Waals surface area contributed by atoms with E-state index in [1.54, 1.807) is 13.0 Å². The molecule has 2 rings (SSSR count). The van der Waals surface area contributed by atoms with Crippen molar-refractivity contribution in [1.29, 1.82) is 0 Å². The molecule has 8 heteroatoms. The fraction of sp³-hybridized carbons (Fsp3) is 0.333. The van der Waals surface area contributed by atoms with E-state index >= 15 is 0 Å². The number of aromatic nitrogens is 1. The number of halogens is 4. The molecule has 0 bridgehead atoms. The van der Waals surface area contributed by atoms with E-state index in [4.69, 9.17) is 0 Å². The lowest BCUT2D eigenvalue weighted by Crippen LogP contribution is -2.16. The van der Waals surface area contributed by atoms with Gasteiger partial charge in [0.1, 0.15) is 5.75 Å². The van der Waals surface area contributed by atoms with Gasteiger partial charge < -0.3 is 10.1 Å². The third-order valence-electron chi connectivity index (χ3n) is 2.63. The fourth-order valence-corrected chi connectivity index (χ4v) is 2.01. The van der Waals surface area contributed by atoms with Gasteiger partial charge in [-0.05, 0) is 53.2 Å². The van der Waals surface area contributed by atoms with Gasteiger partial charge in [0.25, 0.3) is 5.91 Å². The molecular formula is C18H22BrClF2N2O2. The highest BCUT2D eigenvalue weighted by molar-refractivity contribution is 9.10. The Morgan fingerprint density at radius 1 is 1.19 bits per heavy atom. The van der Waals surface area contributed by atoms with Crippen molar-refractivity contribution >= 4 is 39.1 Å². The van der Waals surface area contributed by atoms with Gasteiger partial charge in [-0.1, -0.05) is 27.7 Å². The maximum Gasteiger partial charge on any atom is 0.487 e. The number of carbonyl (C=O) groups is 1. The van der Waals surface area contributed by atoms with Gasteiger partial charge in [0.15, 0.2) is 0 Å². The van der Waals surface area contributed by atoms with Crippen LogP contribution in [0.15, 0.2) is 41.0 Å². The van der Waals surface area contributed by atoms with Crippen LogP contribution in [0.2, 0.25) is 0 Å². The van der Waals surface area contributed by atoms with Crippen LogP contribution < -0.4 is 10.1 Å². The summed E-state index contributed by atoms with van der Waals surface area (Å²) in [6, 6.07) is 7.03. The number of pyridine rings is 1. The first kappa shape index (κ1) is 24.3. The molecule has 0 fully saturated rings. The summed E-state index contributed by atoms with van der Waals surface area (Å²) < 4.78 is 29.8. The number of hydrogen-bond donors (Lipinski definition) is 1. The summed E-state index contributed by atoms with van der Waals surface area (Å²) in [6.45, 7) is 9.80. The summed E-state index contributed by atoms with van der Waals surface area (Å²) in [4.78, 5) is 16.1. The SMILES string of the molecule is CC.CC.Cc1ncc(C(=O)Nc2ccc(OC(F)(F)Cl)cc2)cc1Br. The third kappa shape index (κ3) is 8.58. The largest absolute Gasteiger partial charge is 0.487 e. The van der Waals surface area contributed by atoms with E-state index in [9.17, 15) is 13.6 Å². The van der Waals surface area contributed by atoms with Crippen LogP contribution in [0.3, 0.4) is 0 Å². The van der Waals surface area contributed by atoms with Gasteiger partial charge in [-0.2, -0.15) is 0 Å². The Kier molecular flexibility index (Phi) is 11.0. The molecule has 144 valence electrons. The second-order valence-electron chi connectivity index (χ2n) is 4.32. The molecule has 26 heavy (non-hydrogen) atoms. The molecule has 4 nitrogen and oxygen atoms in total. The number of aryl methyl sites for hydroxylation is 1. The summed E-state index contributed by atoms with van der Waals surface area (Å²) in [7, 11) is 0. The normalized spacial score (nSPS) is 9.88. The number of carbonyl (C=O) groups excluding carboxylic acids is 1. The summed E-state index contributed by atoms with van der Waals surface area (Å²) in [5.41, 5.74) is -2.22. The number of ether oxygens (including phenoxy) is 1. The van der Waals surface area contributed by atoms with Gasteiger partial charge in [-0.3, -0.25) is 9.78 Å². The van der Waals surface area contributed by atoms with Crippen LogP contribution in [0.4, 0.5) is 14.5 Å². The van der Waals surface area contributed by atoms with Crippen molar-refractivity contribution in [3.63, 3.8) is 0 Å². The van der Waals surface area contributed by atoms with Gasteiger partial charge in [-0.25, -0.2) is 0 Å². The zero-order valence-electron chi connectivity index (χ0n) is 15.2. The third-order valence-corrected chi connectivity index (χ3v) is 3.51. The Balaban J connectivity index is 0.00000146. The molecular weight excluding hydrogens is 430 g/mol. The number of rotatable bonds is 4. The number of hydrogen-bond acceptors (Lipinski definition) is 3. The number of nitrogens with one attached hydrogen (secondary N) is 1. The van der Waals surface area contributed by atoms with E-state index < -0.39 is 5.57 Å². The number of nitrogens with zero attached hydrogens (tertiary/aromatic N) is 1. The highest BCUT2D eigenvalue weighted by Crippen LogP contribution is 2.26. The molecule has 0 radical (unpaired) electrons. The summed E-state index contributed by atoms with van der Waals surface area (Å²) >= 11 is 7.96. The Morgan fingerprint density at radius 3 is 2.19 bits per heavy atom. The standard InChI is InChI=1S/C14H10BrClF2N2O2.2C2H6/c1-8-12(15)6-9(7-19-8)13(21)20-10-2-4-11(5-3-10)22-14(16,17)18;2*1-2/h2-7H,1H3,(H,20,21);2*1-2H3. The number of amides is 1. The molecule has 1 amide bonds. The first-order chi connectivity index (χ1) is 12.2. The summed E-state index contributed by atoms with van der Waals surface area (Å²) in [5.74, 6) is -0.484. The molecule has 0 aliphatic rings. The molecule has 0 unspecified atom stereocenters. The zero-order valence-corrected chi connectivity index (χ0v) is 17.6. The molecule has 0 saturated carbocycles. The van der Waals surface area contributed by atoms with Crippen LogP contribution in [0.25, 0.3) is 0 Å². The van der Waals surface area contributed by atoms with Crippen molar-refractivity contribution in [3.8, 4) is 5.75 Å². The van der Waals surface area contributed by atoms with Crippen LogP contribution in [0, 0.1) is 6.92 Å². The Hall–Kier alpha value is -1.73. The fourth-order valence-electron chi connectivity index (χ4n) is 1.57.